The number of unbranched alkanes of at least 4 members (excludes halogenated alkanes) is 5. The van der Waals surface area contributed by atoms with Crippen LogP contribution in [0.5, 0.6) is 0 Å². The summed E-state index contributed by atoms with van der Waals surface area (Å²) in [5.74, 6) is 0. The molecule has 0 heterocycles. The molecule has 18 heavy (non-hydrogen) atoms. The lowest BCUT2D eigenvalue weighted by atomic mass is 10.1. The normalized spacial score (nSPS) is 18.8. The standard InChI is InChI=1S/C15H31NO2/c1-3-4-5-6-7-8-11-18-13-14(17)12-16-15(2)9-10-15/h14,16-17H,3-13H2,1-2H3. The summed E-state index contributed by atoms with van der Waals surface area (Å²) in [6, 6.07) is 0. The molecule has 0 amide bonds. The molecule has 1 atom stereocenters. The Hall–Kier alpha value is -0.120. The molecule has 2 N–H and O–H groups in total. The SMILES string of the molecule is CCCCCCCCOCC(O)CNC1(C)CC1. The van der Waals surface area contributed by atoms with Gasteiger partial charge in [0.25, 0.3) is 0 Å². The molecule has 1 fully saturated rings. The van der Waals surface area contributed by atoms with E-state index in [1.54, 1.807) is 0 Å². The van der Waals surface area contributed by atoms with Crippen LogP contribution < -0.4 is 5.32 Å². The van der Waals surface area contributed by atoms with Gasteiger partial charge in [-0.2, -0.15) is 0 Å². The van der Waals surface area contributed by atoms with Gasteiger partial charge in [-0.1, -0.05) is 39.0 Å². The quantitative estimate of drug-likeness (QED) is 0.528. The van der Waals surface area contributed by atoms with Crippen LogP contribution in [0.1, 0.15) is 65.2 Å². The van der Waals surface area contributed by atoms with Gasteiger partial charge in [-0.05, 0) is 26.2 Å². The largest absolute Gasteiger partial charge is 0.389 e. The van der Waals surface area contributed by atoms with Crippen molar-refractivity contribution in [1.82, 2.24) is 5.32 Å². The van der Waals surface area contributed by atoms with E-state index in [0.717, 1.165) is 13.0 Å². The number of nitrogens with one attached hydrogen (secondary N) is 1. The molecule has 1 aliphatic carbocycles. The minimum atomic E-state index is -0.359. The summed E-state index contributed by atoms with van der Waals surface area (Å²) in [7, 11) is 0. The van der Waals surface area contributed by atoms with Crippen LogP contribution >= 0.6 is 0 Å². The molecular formula is C15H31NO2. The second-order valence-corrected chi connectivity index (χ2v) is 5.94. The molecule has 0 radical (unpaired) electrons. The zero-order valence-corrected chi connectivity index (χ0v) is 12.2. The average molecular weight is 257 g/mol. The van der Waals surface area contributed by atoms with Gasteiger partial charge in [0, 0.05) is 18.7 Å². The van der Waals surface area contributed by atoms with E-state index in [1.807, 2.05) is 0 Å². The Bertz CT molecular complexity index is 205. The van der Waals surface area contributed by atoms with Crippen LogP contribution in [-0.4, -0.2) is 36.5 Å². The van der Waals surface area contributed by atoms with Crippen molar-refractivity contribution in [3.05, 3.63) is 0 Å². The number of ether oxygens (including phenoxy) is 1. The third kappa shape index (κ3) is 8.06. The van der Waals surface area contributed by atoms with Gasteiger partial charge < -0.3 is 15.2 Å². The summed E-state index contributed by atoms with van der Waals surface area (Å²) in [5, 5.41) is 13.1. The first-order valence-corrected chi connectivity index (χ1v) is 7.67. The summed E-state index contributed by atoms with van der Waals surface area (Å²) in [6.45, 7) is 6.36. The van der Waals surface area contributed by atoms with Crippen molar-refractivity contribution in [1.29, 1.82) is 0 Å². The van der Waals surface area contributed by atoms with Crippen LogP contribution in [0.4, 0.5) is 0 Å². The summed E-state index contributed by atoms with van der Waals surface area (Å²) >= 11 is 0. The summed E-state index contributed by atoms with van der Waals surface area (Å²) in [5.41, 5.74) is 0.306. The first-order valence-electron chi connectivity index (χ1n) is 7.67. The molecule has 108 valence electrons. The van der Waals surface area contributed by atoms with Crippen LogP contribution in [-0.2, 0) is 4.74 Å². The predicted molar refractivity (Wildman–Crippen MR) is 75.8 cm³/mol. The van der Waals surface area contributed by atoms with Crippen LogP contribution in [0.2, 0.25) is 0 Å². The molecule has 0 saturated heterocycles. The Morgan fingerprint density at radius 3 is 2.50 bits per heavy atom. The average Bonchev–Trinajstić information content (AvgIpc) is 3.09. The molecule has 1 unspecified atom stereocenters. The highest BCUT2D eigenvalue weighted by molar-refractivity contribution is 4.97. The number of aliphatic hydroxyl groups is 1. The van der Waals surface area contributed by atoms with Gasteiger partial charge in [0.15, 0.2) is 0 Å². The molecule has 0 bridgehead atoms. The first kappa shape index (κ1) is 15.9. The smallest absolute Gasteiger partial charge is 0.0897 e. The number of aliphatic hydroxyl groups excluding tert-OH is 1. The van der Waals surface area contributed by atoms with Gasteiger partial charge in [-0.15, -0.1) is 0 Å². The predicted octanol–water partition coefficient (Wildman–Crippen LogP) is 2.87. The van der Waals surface area contributed by atoms with Crippen LogP contribution in [0.15, 0.2) is 0 Å². The molecular weight excluding hydrogens is 226 g/mol. The fourth-order valence-corrected chi connectivity index (χ4v) is 1.99. The zero-order chi connectivity index (χ0) is 13.3. The van der Waals surface area contributed by atoms with Gasteiger partial charge in [-0.3, -0.25) is 0 Å². The van der Waals surface area contributed by atoms with Gasteiger partial charge in [-0.25, -0.2) is 0 Å². The molecule has 0 spiro atoms. The Balaban J connectivity index is 1.79. The highest BCUT2D eigenvalue weighted by Crippen LogP contribution is 2.33. The van der Waals surface area contributed by atoms with Crippen molar-refractivity contribution in [3.63, 3.8) is 0 Å². The topological polar surface area (TPSA) is 41.5 Å². The fraction of sp³-hybridized carbons (Fsp3) is 1.00. The van der Waals surface area contributed by atoms with Crippen molar-refractivity contribution in [2.24, 2.45) is 0 Å². The molecule has 0 aromatic heterocycles. The van der Waals surface area contributed by atoms with Crippen molar-refractivity contribution >= 4 is 0 Å². The van der Waals surface area contributed by atoms with Gasteiger partial charge >= 0.3 is 0 Å². The molecule has 1 saturated carbocycles. The minimum absolute atomic E-state index is 0.306. The van der Waals surface area contributed by atoms with Gasteiger partial charge in [0.1, 0.15) is 0 Å². The second kappa shape index (κ2) is 8.89. The third-order valence-corrected chi connectivity index (χ3v) is 3.72. The minimum Gasteiger partial charge on any atom is -0.389 e. The Morgan fingerprint density at radius 2 is 1.83 bits per heavy atom. The Morgan fingerprint density at radius 1 is 1.17 bits per heavy atom. The number of hydrogen-bond donors (Lipinski definition) is 2. The molecule has 0 aromatic rings. The molecule has 3 nitrogen and oxygen atoms in total. The van der Waals surface area contributed by atoms with E-state index in [2.05, 4.69) is 19.2 Å². The Kier molecular flexibility index (Phi) is 7.87. The fourth-order valence-electron chi connectivity index (χ4n) is 1.99. The maximum atomic E-state index is 9.73. The zero-order valence-electron chi connectivity index (χ0n) is 12.2. The molecule has 1 rings (SSSR count). The molecule has 1 aliphatic rings. The van der Waals surface area contributed by atoms with E-state index in [9.17, 15) is 5.11 Å². The molecule has 0 aliphatic heterocycles. The summed E-state index contributed by atoms with van der Waals surface area (Å²) in [4.78, 5) is 0. The van der Waals surface area contributed by atoms with E-state index in [-0.39, 0.29) is 6.10 Å². The van der Waals surface area contributed by atoms with Crippen LogP contribution in [0.3, 0.4) is 0 Å². The first-order chi connectivity index (χ1) is 8.66. The highest BCUT2D eigenvalue weighted by atomic mass is 16.5. The highest BCUT2D eigenvalue weighted by Gasteiger charge is 2.36. The molecule has 0 aromatic carbocycles. The van der Waals surface area contributed by atoms with E-state index in [1.165, 1.54) is 44.9 Å². The van der Waals surface area contributed by atoms with E-state index in [0.29, 0.717) is 18.7 Å². The van der Waals surface area contributed by atoms with E-state index >= 15 is 0 Å². The summed E-state index contributed by atoms with van der Waals surface area (Å²) in [6.07, 6.45) is 9.81. The lowest BCUT2D eigenvalue weighted by molar-refractivity contribution is 0.0339. The number of hydrogen-bond acceptors (Lipinski definition) is 3. The van der Waals surface area contributed by atoms with Crippen molar-refractivity contribution in [2.45, 2.75) is 76.9 Å². The maximum absolute atomic E-state index is 9.73. The van der Waals surface area contributed by atoms with Gasteiger partial charge in [0.05, 0.1) is 12.7 Å². The number of rotatable bonds is 12. The van der Waals surface area contributed by atoms with Crippen molar-refractivity contribution < 1.29 is 9.84 Å². The summed E-state index contributed by atoms with van der Waals surface area (Å²) < 4.78 is 5.50. The maximum Gasteiger partial charge on any atom is 0.0897 e. The lowest BCUT2D eigenvalue weighted by Crippen LogP contribution is -2.37. The van der Waals surface area contributed by atoms with E-state index in [4.69, 9.17) is 4.74 Å². The lowest BCUT2D eigenvalue weighted by Gasteiger charge is -2.16. The van der Waals surface area contributed by atoms with Crippen LogP contribution in [0, 0.1) is 0 Å². The van der Waals surface area contributed by atoms with E-state index < -0.39 is 0 Å². The monoisotopic (exact) mass is 257 g/mol. The second-order valence-electron chi connectivity index (χ2n) is 5.94. The third-order valence-electron chi connectivity index (χ3n) is 3.72. The van der Waals surface area contributed by atoms with Gasteiger partial charge in [0.2, 0.25) is 0 Å². The number of β-amino-alcohol motifs (C(OH)–C–C–N with tert-alkyl or cyclic N) is 1. The van der Waals surface area contributed by atoms with Crippen LogP contribution in [0.25, 0.3) is 0 Å². The van der Waals surface area contributed by atoms with Crippen molar-refractivity contribution in [2.75, 3.05) is 19.8 Å². The molecule has 3 heteroatoms. The Labute approximate surface area is 112 Å². The van der Waals surface area contributed by atoms with Crippen molar-refractivity contribution in [3.8, 4) is 0 Å².